The van der Waals surface area contributed by atoms with Gasteiger partial charge in [-0.15, -0.1) is 0 Å². The zero-order chi connectivity index (χ0) is 16.2. The first kappa shape index (κ1) is 15.8. The summed E-state index contributed by atoms with van der Waals surface area (Å²) in [6.07, 6.45) is 1.05. The molecule has 2 heterocycles. The van der Waals surface area contributed by atoms with Crippen molar-refractivity contribution in [3.63, 3.8) is 0 Å². The lowest BCUT2D eigenvalue weighted by atomic mass is 9.98. The Morgan fingerprint density at radius 2 is 2.26 bits per heavy atom. The van der Waals surface area contributed by atoms with Crippen LogP contribution in [0.2, 0.25) is 0 Å². The van der Waals surface area contributed by atoms with Gasteiger partial charge >= 0.3 is 0 Å². The second-order valence-corrected chi connectivity index (χ2v) is 5.97. The second-order valence-electron chi connectivity index (χ2n) is 5.97. The van der Waals surface area contributed by atoms with E-state index in [1.807, 2.05) is 17.0 Å². The third kappa shape index (κ3) is 3.31. The maximum absolute atomic E-state index is 13.0. The average molecular weight is 315 g/mol. The third-order valence-corrected chi connectivity index (χ3v) is 4.46. The van der Waals surface area contributed by atoms with Crippen LogP contribution < -0.4 is 4.74 Å². The van der Waals surface area contributed by atoms with E-state index in [2.05, 4.69) is 11.9 Å². The molecule has 0 N–H and O–H groups in total. The quantitative estimate of drug-likeness (QED) is 0.837. The molecule has 2 saturated heterocycles. The highest BCUT2D eigenvalue weighted by Gasteiger charge is 2.39. The number of fused-ring (bicyclic) bond motifs is 1. The number of morpholine rings is 1. The summed E-state index contributed by atoms with van der Waals surface area (Å²) in [6.45, 7) is 2.89. The van der Waals surface area contributed by atoms with Crippen LogP contribution in [0.5, 0.6) is 5.75 Å². The summed E-state index contributed by atoms with van der Waals surface area (Å²) in [7, 11) is 2.07. The van der Waals surface area contributed by atoms with E-state index in [9.17, 15) is 4.79 Å². The number of hydrogen-bond acceptors (Lipinski definition) is 5. The Morgan fingerprint density at radius 1 is 1.43 bits per heavy atom. The van der Waals surface area contributed by atoms with Crippen LogP contribution in [0.15, 0.2) is 24.3 Å². The molecule has 2 aliphatic heterocycles. The van der Waals surface area contributed by atoms with Crippen molar-refractivity contribution in [2.75, 3.05) is 39.9 Å². The molecular weight excluding hydrogens is 294 g/mol. The number of piperidine rings is 1. The number of amides is 1. The molecule has 0 aliphatic carbocycles. The Hall–Kier alpha value is -2.10. The van der Waals surface area contributed by atoms with Crippen LogP contribution >= 0.6 is 0 Å². The van der Waals surface area contributed by atoms with Gasteiger partial charge in [0.15, 0.2) is 6.61 Å². The number of benzene rings is 1. The molecule has 1 aromatic carbocycles. The first-order chi connectivity index (χ1) is 11.2. The average Bonchev–Trinajstić information content (AvgIpc) is 2.59. The van der Waals surface area contributed by atoms with Crippen molar-refractivity contribution in [1.29, 1.82) is 5.26 Å². The zero-order valence-electron chi connectivity index (χ0n) is 13.3. The first-order valence-corrected chi connectivity index (χ1v) is 7.90. The Balaban J connectivity index is 1.83. The summed E-state index contributed by atoms with van der Waals surface area (Å²) in [4.78, 5) is 17.2. The van der Waals surface area contributed by atoms with Gasteiger partial charge in [0.2, 0.25) is 0 Å². The van der Waals surface area contributed by atoms with E-state index in [1.165, 1.54) is 0 Å². The van der Waals surface area contributed by atoms with Gasteiger partial charge in [0.1, 0.15) is 11.8 Å². The van der Waals surface area contributed by atoms with E-state index < -0.39 is 0 Å². The number of likely N-dealkylation sites (tertiary alicyclic amines) is 1. The van der Waals surface area contributed by atoms with Gasteiger partial charge in [-0.25, -0.2) is 0 Å². The molecule has 122 valence electrons. The largest absolute Gasteiger partial charge is 0.478 e. The van der Waals surface area contributed by atoms with Crippen LogP contribution in [-0.2, 0) is 4.74 Å². The molecule has 0 aromatic heterocycles. The fourth-order valence-corrected chi connectivity index (χ4v) is 3.32. The van der Waals surface area contributed by atoms with Gasteiger partial charge in [-0.05, 0) is 25.6 Å². The molecule has 1 aromatic rings. The predicted octanol–water partition coefficient (Wildman–Crippen LogP) is 1.13. The zero-order valence-corrected chi connectivity index (χ0v) is 13.3. The topological polar surface area (TPSA) is 65.8 Å². The van der Waals surface area contributed by atoms with E-state index in [0.717, 1.165) is 19.5 Å². The summed E-state index contributed by atoms with van der Waals surface area (Å²) in [5.74, 6) is 0.415. The fraction of sp³-hybridized carbons (Fsp3) is 0.529. The normalized spacial score (nSPS) is 24.6. The minimum atomic E-state index is -0.0673. The van der Waals surface area contributed by atoms with Gasteiger partial charge in [-0.1, -0.05) is 12.1 Å². The maximum Gasteiger partial charge on any atom is 0.258 e. The van der Waals surface area contributed by atoms with E-state index >= 15 is 0 Å². The van der Waals surface area contributed by atoms with E-state index in [1.54, 1.807) is 18.2 Å². The van der Waals surface area contributed by atoms with Crippen molar-refractivity contribution in [2.24, 2.45) is 0 Å². The van der Waals surface area contributed by atoms with Crippen molar-refractivity contribution >= 4 is 5.91 Å². The van der Waals surface area contributed by atoms with Crippen molar-refractivity contribution in [2.45, 2.75) is 18.6 Å². The highest BCUT2D eigenvalue weighted by molar-refractivity contribution is 5.97. The first-order valence-electron chi connectivity index (χ1n) is 7.90. The Labute approximate surface area is 136 Å². The lowest BCUT2D eigenvalue weighted by Crippen LogP contribution is -2.60. The molecule has 2 aliphatic rings. The molecule has 6 nitrogen and oxygen atoms in total. The second kappa shape index (κ2) is 6.99. The summed E-state index contributed by atoms with van der Waals surface area (Å²) in [5, 5.41) is 8.70. The smallest absolute Gasteiger partial charge is 0.258 e. The SMILES string of the molecule is CN1CCC2OCCN(C(=O)c3ccccc3OCC#N)C2C1. The predicted molar refractivity (Wildman–Crippen MR) is 84.2 cm³/mol. The van der Waals surface area contributed by atoms with Gasteiger partial charge in [-0.2, -0.15) is 5.26 Å². The van der Waals surface area contributed by atoms with Crippen LogP contribution in [0.1, 0.15) is 16.8 Å². The Kier molecular flexibility index (Phi) is 4.79. The number of hydrogen-bond donors (Lipinski definition) is 0. The van der Waals surface area contributed by atoms with Gasteiger partial charge in [0.25, 0.3) is 5.91 Å². The van der Waals surface area contributed by atoms with Crippen molar-refractivity contribution in [3.8, 4) is 11.8 Å². The van der Waals surface area contributed by atoms with E-state index in [4.69, 9.17) is 14.7 Å². The van der Waals surface area contributed by atoms with E-state index in [0.29, 0.717) is 24.5 Å². The minimum absolute atomic E-state index is 0.0489. The number of carbonyl (C=O) groups is 1. The van der Waals surface area contributed by atoms with E-state index in [-0.39, 0.29) is 24.7 Å². The van der Waals surface area contributed by atoms with Crippen LogP contribution in [0.4, 0.5) is 0 Å². The summed E-state index contributed by atoms with van der Waals surface area (Å²) in [5.41, 5.74) is 0.511. The fourth-order valence-electron chi connectivity index (χ4n) is 3.32. The maximum atomic E-state index is 13.0. The summed E-state index contributed by atoms with van der Waals surface area (Å²) < 4.78 is 11.3. The molecule has 2 unspecified atom stereocenters. The van der Waals surface area contributed by atoms with Crippen molar-refractivity contribution in [1.82, 2.24) is 9.80 Å². The Morgan fingerprint density at radius 3 is 3.09 bits per heavy atom. The number of carbonyl (C=O) groups excluding carboxylic acids is 1. The molecule has 2 atom stereocenters. The highest BCUT2D eigenvalue weighted by atomic mass is 16.5. The van der Waals surface area contributed by atoms with Crippen molar-refractivity contribution in [3.05, 3.63) is 29.8 Å². The molecule has 0 radical (unpaired) electrons. The third-order valence-electron chi connectivity index (χ3n) is 4.46. The molecule has 0 spiro atoms. The van der Waals surface area contributed by atoms with Gasteiger partial charge in [0.05, 0.1) is 24.3 Å². The molecule has 0 bridgehead atoms. The van der Waals surface area contributed by atoms with Crippen LogP contribution in [0.3, 0.4) is 0 Å². The molecule has 2 fully saturated rings. The molecule has 0 saturated carbocycles. The summed E-state index contributed by atoms with van der Waals surface area (Å²) in [6, 6.07) is 9.12. The monoisotopic (exact) mass is 315 g/mol. The van der Waals surface area contributed by atoms with Crippen LogP contribution in [-0.4, -0.2) is 67.7 Å². The van der Waals surface area contributed by atoms with Crippen molar-refractivity contribution < 1.29 is 14.3 Å². The highest BCUT2D eigenvalue weighted by Crippen LogP contribution is 2.27. The Bertz CT molecular complexity index is 613. The van der Waals surface area contributed by atoms with Gasteiger partial charge < -0.3 is 19.3 Å². The summed E-state index contributed by atoms with van der Waals surface area (Å²) >= 11 is 0. The number of likely N-dealkylation sites (N-methyl/N-ethyl adjacent to an activating group) is 1. The number of nitrogens with zero attached hydrogens (tertiary/aromatic N) is 3. The molecule has 3 rings (SSSR count). The number of rotatable bonds is 3. The molecule has 1 amide bonds. The lowest BCUT2D eigenvalue weighted by Gasteiger charge is -2.46. The number of para-hydroxylation sites is 1. The minimum Gasteiger partial charge on any atom is -0.478 e. The van der Waals surface area contributed by atoms with Crippen LogP contribution in [0.25, 0.3) is 0 Å². The van der Waals surface area contributed by atoms with Gasteiger partial charge in [0, 0.05) is 19.6 Å². The lowest BCUT2D eigenvalue weighted by molar-refractivity contribution is -0.0870. The number of nitriles is 1. The molecular formula is C17H21N3O3. The molecule has 6 heteroatoms. The number of ether oxygens (including phenoxy) is 2. The molecule has 23 heavy (non-hydrogen) atoms. The van der Waals surface area contributed by atoms with Gasteiger partial charge in [-0.3, -0.25) is 4.79 Å². The van der Waals surface area contributed by atoms with Crippen LogP contribution in [0, 0.1) is 11.3 Å². The standard InChI is InChI=1S/C17H21N3O3/c1-19-8-6-16-14(12-19)20(9-11-23-16)17(21)13-4-2-3-5-15(13)22-10-7-18/h2-5,14,16H,6,8-12H2,1H3.